The van der Waals surface area contributed by atoms with Gasteiger partial charge in [-0.05, 0) is 44.1 Å². The SMILES string of the molecule is CCCOC1C(Cc2ccccc2)CCCC(NC(=O)c2nccc(OC)c2OCOC(C)=O)C(=O)OC1C. The molecule has 0 bridgehead atoms. The fourth-order valence-electron chi connectivity index (χ4n) is 4.66. The smallest absolute Gasteiger partial charge is 0.329 e. The first-order valence-corrected chi connectivity index (χ1v) is 13.3. The van der Waals surface area contributed by atoms with Gasteiger partial charge in [-0.1, -0.05) is 43.7 Å². The summed E-state index contributed by atoms with van der Waals surface area (Å²) < 4.78 is 27.7. The number of hydrogen-bond donors (Lipinski definition) is 1. The molecule has 1 fully saturated rings. The van der Waals surface area contributed by atoms with Gasteiger partial charge in [0.05, 0.1) is 13.2 Å². The zero-order valence-electron chi connectivity index (χ0n) is 23.0. The van der Waals surface area contributed by atoms with Gasteiger partial charge < -0.3 is 29.0 Å². The molecular formula is C29H38N2O8. The van der Waals surface area contributed by atoms with Gasteiger partial charge in [-0.2, -0.15) is 0 Å². The van der Waals surface area contributed by atoms with Crippen LogP contribution in [-0.4, -0.2) is 61.6 Å². The van der Waals surface area contributed by atoms with Crippen LogP contribution in [-0.2, 0) is 30.2 Å². The number of ether oxygens (including phenoxy) is 5. The average Bonchev–Trinajstić information content (AvgIpc) is 2.96. The molecule has 1 aromatic carbocycles. The first-order chi connectivity index (χ1) is 18.8. The van der Waals surface area contributed by atoms with E-state index in [-0.39, 0.29) is 29.2 Å². The first kappa shape index (κ1) is 29.9. The third-order valence-corrected chi connectivity index (χ3v) is 6.51. The van der Waals surface area contributed by atoms with Gasteiger partial charge in [0.15, 0.2) is 17.2 Å². The molecule has 4 atom stereocenters. The average molecular weight is 543 g/mol. The number of pyridine rings is 1. The highest BCUT2D eigenvalue weighted by Crippen LogP contribution is 2.31. The molecule has 10 nitrogen and oxygen atoms in total. The molecule has 1 aliphatic rings. The van der Waals surface area contributed by atoms with Crippen LogP contribution in [0.25, 0.3) is 0 Å². The Morgan fingerprint density at radius 3 is 2.62 bits per heavy atom. The van der Waals surface area contributed by atoms with Crippen molar-refractivity contribution in [1.29, 1.82) is 0 Å². The van der Waals surface area contributed by atoms with Crippen LogP contribution < -0.4 is 14.8 Å². The molecule has 212 valence electrons. The minimum Gasteiger partial charge on any atom is -0.493 e. The van der Waals surface area contributed by atoms with Gasteiger partial charge in [0.2, 0.25) is 6.79 Å². The van der Waals surface area contributed by atoms with Gasteiger partial charge in [0.25, 0.3) is 5.91 Å². The molecule has 1 aliphatic heterocycles. The fraction of sp³-hybridized carbons (Fsp3) is 0.517. The number of nitrogens with zero attached hydrogens (tertiary/aromatic N) is 1. The van der Waals surface area contributed by atoms with Crippen molar-refractivity contribution in [2.75, 3.05) is 20.5 Å². The lowest BCUT2D eigenvalue weighted by atomic mass is 9.87. The summed E-state index contributed by atoms with van der Waals surface area (Å²) in [6, 6.07) is 10.8. The summed E-state index contributed by atoms with van der Waals surface area (Å²) in [5, 5.41) is 2.75. The lowest BCUT2D eigenvalue weighted by Gasteiger charge is -2.31. The molecule has 0 aliphatic carbocycles. The van der Waals surface area contributed by atoms with Crippen molar-refractivity contribution in [2.45, 2.75) is 71.1 Å². The molecule has 3 rings (SSSR count). The normalized spacial score (nSPS) is 21.5. The minimum atomic E-state index is -0.892. The first-order valence-electron chi connectivity index (χ1n) is 13.3. The summed E-state index contributed by atoms with van der Waals surface area (Å²) >= 11 is 0. The molecule has 1 N–H and O–H groups in total. The van der Waals surface area contributed by atoms with E-state index in [1.807, 2.05) is 32.0 Å². The van der Waals surface area contributed by atoms with Crippen LogP contribution in [0.15, 0.2) is 42.6 Å². The molecule has 1 saturated heterocycles. The van der Waals surface area contributed by atoms with Crippen molar-refractivity contribution >= 4 is 17.8 Å². The number of rotatable bonds is 11. The Hall–Kier alpha value is -3.66. The summed E-state index contributed by atoms with van der Waals surface area (Å²) in [6.07, 6.45) is 4.12. The van der Waals surface area contributed by atoms with Gasteiger partial charge >= 0.3 is 11.9 Å². The highest BCUT2D eigenvalue weighted by Gasteiger charge is 2.35. The Bertz CT molecular complexity index is 1090. The van der Waals surface area contributed by atoms with Crippen LogP contribution in [0.1, 0.15) is 62.5 Å². The summed E-state index contributed by atoms with van der Waals surface area (Å²) in [5.74, 6) is -1.35. The second-order valence-corrected chi connectivity index (χ2v) is 9.47. The maximum absolute atomic E-state index is 13.3. The number of carbonyl (C=O) groups excluding carboxylic acids is 3. The van der Waals surface area contributed by atoms with E-state index in [0.29, 0.717) is 19.4 Å². The highest BCUT2D eigenvalue weighted by atomic mass is 16.7. The summed E-state index contributed by atoms with van der Waals surface area (Å²) in [5.41, 5.74) is 1.09. The zero-order chi connectivity index (χ0) is 28.2. The highest BCUT2D eigenvalue weighted by molar-refractivity contribution is 5.98. The van der Waals surface area contributed by atoms with Crippen LogP contribution in [0.4, 0.5) is 0 Å². The van der Waals surface area contributed by atoms with Crippen LogP contribution in [0.2, 0.25) is 0 Å². The molecule has 1 amide bonds. The number of methoxy groups -OCH3 is 1. The van der Waals surface area contributed by atoms with Gasteiger partial charge in [-0.25, -0.2) is 9.78 Å². The minimum absolute atomic E-state index is 0.000457. The molecule has 2 heterocycles. The number of cyclic esters (lactones) is 1. The molecule has 0 saturated carbocycles. The summed E-state index contributed by atoms with van der Waals surface area (Å²) in [4.78, 5) is 41.7. The maximum atomic E-state index is 13.3. The lowest BCUT2D eigenvalue weighted by molar-refractivity contribution is -0.160. The monoisotopic (exact) mass is 542 g/mol. The standard InChI is InChI=1S/C29H38N2O8/c1-5-16-36-26-19(2)39-29(34)23(13-9-12-22(26)17-21-10-7-6-8-11-21)31-28(33)25-27(38-18-37-20(3)32)24(35-4)14-15-30-25/h6-8,10-11,14-15,19,22-23,26H,5,9,12-13,16-18H2,1-4H3,(H,31,33). The van der Waals surface area contributed by atoms with Crippen LogP contribution in [0.5, 0.6) is 11.5 Å². The van der Waals surface area contributed by atoms with Crippen molar-refractivity contribution in [1.82, 2.24) is 10.3 Å². The Morgan fingerprint density at radius 1 is 1.15 bits per heavy atom. The van der Waals surface area contributed by atoms with E-state index < -0.39 is 36.8 Å². The second-order valence-electron chi connectivity index (χ2n) is 9.47. The van der Waals surface area contributed by atoms with Gasteiger partial charge in [0, 0.05) is 25.8 Å². The number of aromatic nitrogens is 1. The third kappa shape index (κ3) is 8.68. The van der Waals surface area contributed by atoms with Crippen LogP contribution in [0.3, 0.4) is 0 Å². The topological polar surface area (TPSA) is 122 Å². The summed E-state index contributed by atoms with van der Waals surface area (Å²) in [7, 11) is 1.41. The van der Waals surface area contributed by atoms with Crippen molar-refractivity contribution in [3.63, 3.8) is 0 Å². The van der Waals surface area contributed by atoms with Crippen LogP contribution >= 0.6 is 0 Å². The molecular weight excluding hydrogens is 504 g/mol. The molecule has 4 unspecified atom stereocenters. The molecule has 0 radical (unpaired) electrons. The van der Waals surface area contributed by atoms with E-state index in [2.05, 4.69) is 22.4 Å². The lowest BCUT2D eigenvalue weighted by Crippen LogP contribution is -2.44. The molecule has 1 aromatic heterocycles. The van der Waals surface area contributed by atoms with E-state index in [0.717, 1.165) is 19.3 Å². The number of amides is 1. The van der Waals surface area contributed by atoms with Crippen molar-refractivity contribution < 1.29 is 38.1 Å². The predicted molar refractivity (Wildman–Crippen MR) is 142 cm³/mol. The van der Waals surface area contributed by atoms with E-state index in [9.17, 15) is 14.4 Å². The van der Waals surface area contributed by atoms with Gasteiger partial charge in [0.1, 0.15) is 12.1 Å². The quantitative estimate of drug-likeness (QED) is 0.333. The van der Waals surface area contributed by atoms with E-state index in [4.69, 9.17) is 23.7 Å². The second kappa shape index (κ2) is 15.1. The third-order valence-electron chi connectivity index (χ3n) is 6.51. The number of hydrogen-bond acceptors (Lipinski definition) is 9. The summed E-state index contributed by atoms with van der Waals surface area (Å²) in [6.45, 7) is 5.26. The van der Waals surface area contributed by atoms with Crippen molar-refractivity contribution in [2.24, 2.45) is 5.92 Å². The number of benzene rings is 1. The van der Waals surface area contributed by atoms with Gasteiger partial charge in [-0.15, -0.1) is 0 Å². The van der Waals surface area contributed by atoms with E-state index in [1.165, 1.54) is 31.9 Å². The van der Waals surface area contributed by atoms with E-state index >= 15 is 0 Å². The Balaban J connectivity index is 1.77. The Kier molecular flexibility index (Phi) is 11.5. The molecule has 39 heavy (non-hydrogen) atoms. The number of esters is 2. The van der Waals surface area contributed by atoms with Gasteiger partial charge in [-0.3, -0.25) is 9.59 Å². The van der Waals surface area contributed by atoms with Crippen molar-refractivity contribution in [3.8, 4) is 11.5 Å². The number of nitrogens with one attached hydrogen (secondary N) is 1. The largest absolute Gasteiger partial charge is 0.493 e. The molecule has 2 aromatic rings. The Labute approximate surface area is 229 Å². The molecule has 0 spiro atoms. The zero-order valence-corrected chi connectivity index (χ0v) is 23.0. The fourth-order valence-corrected chi connectivity index (χ4v) is 4.66. The Morgan fingerprint density at radius 2 is 1.92 bits per heavy atom. The number of carbonyl (C=O) groups is 3. The van der Waals surface area contributed by atoms with Crippen molar-refractivity contribution in [3.05, 3.63) is 53.9 Å². The predicted octanol–water partition coefficient (Wildman–Crippen LogP) is 3.86. The maximum Gasteiger partial charge on any atom is 0.329 e. The molecule has 10 heteroatoms. The van der Waals surface area contributed by atoms with Crippen LogP contribution in [0, 0.1) is 5.92 Å². The van der Waals surface area contributed by atoms with E-state index in [1.54, 1.807) is 0 Å².